The largest absolute Gasteiger partial charge is 0.496 e. The van der Waals surface area contributed by atoms with Crippen LogP contribution in [0.25, 0.3) is 22.8 Å². The molecule has 4 rings (SSSR count). The maximum Gasteiger partial charge on any atom is 0.258 e. The predicted molar refractivity (Wildman–Crippen MR) is 113 cm³/mol. The van der Waals surface area contributed by atoms with Gasteiger partial charge in [-0.1, -0.05) is 50.2 Å². The Balaban J connectivity index is 0.000000552. The summed E-state index contributed by atoms with van der Waals surface area (Å²) in [6, 6.07) is 16.0. The summed E-state index contributed by atoms with van der Waals surface area (Å²) in [5, 5.41) is 13.4. The monoisotopic (exact) mass is 389 g/mol. The fraction of sp³-hybridized carbons (Fsp3) is 0.375. The first-order valence-corrected chi connectivity index (χ1v) is 9.89. The second-order valence-electron chi connectivity index (χ2n) is 8.11. The van der Waals surface area contributed by atoms with Gasteiger partial charge in [0.15, 0.2) is 0 Å². The first kappa shape index (κ1) is 20.6. The highest BCUT2D eigenvalue weighted by atomic mass is 16.5. The zero-order valence-corrected chi connectivity index (χ0v) is 17.7. The van der Waals surface area contributed by atoms with Crippen LogP contribution in [0, 0.1) is 24.2 Å². The van der Waals surface area contributed by atoms with Crippen molar-refractivity contribution in [1.29, 1.82) is 5.26 Å². The third kappa shape index (κ3) is 4.65. The predicted octanol–water partition coefficient (Wildman–Crippen LogP) is 5.94. The first-order chi connectivity index (χ1) is 13.9. The van der Waals surface area contributed by atoms with Gasteiger partial charge in [-0.05, 0) is 55.0 Å². The lowest BCUT2D eigenvalue weighted by atomic mass is 9.97. The number of nitrogens with zero attached hydrogens (tertiary/aromatic N) is 3. The van der Waals surface area contributed by atoms with Crippen LogP contribution in [0.15, 0.2) is 47.0 Å². The second kappa shape index (κ2) is 8.48. The molecular formula is C24H27N3O2. The number of methoxy groups -OCH3 is 1. The van der Waals surface area contributed by atoms with Crippen LogP contribution in [0.3, 0.4) is 0 Å². The van der Waals surface area contributed by atoms with Gasteiger partial charge < -0.3 is 9.26 Å². The molecule has 0 atom stereocenters. The Labute approximate surface area is 172 Å². The Morgan fingerprint density at radius 1 is 1.07 bits per heavy atom. The average molecular weight is 389 g/mol. The van der Waals surface area contributed by atoms with Gasteiger partial charge in [-0.15, -0.1) is 0 Å². The van der Waals surface area contributed by atoms with Crippen molar-refractivity contribution < 1.29 is 9.26 Å². The Morgan fingerprint density at radius 2 is 1.69 bits per heavy atom. The molecule has 1 saturated carbocycles. The molecule has 0 radical (unpaired) electrons. The molecule has 1 aliphatic rings. The van der Waals surface area contributed by atoms with E-state index >= 15 is 0 Å². The topological polar surface area (TPSA) is 71.9 Å². The number of aryl methyl sites for hydroxylation is 1. The molecule has 0 saturated heterocycles. The summed E-state index contributed by atoms with van der Waals surface area (Å²) in [6.45, 7) is 8.49. The molecule has 2 aromatic carbocycles. The second-order valence-corrected chi connectivity index (χ2v) is 8.11. The van der Waals surface area contributed by atoms with Gasteiger partial charge in [-0.25, -0.2) is 0 Å². The van der Waals surface area contributed by atoms with Crippen LogP contribution in [0.5, 0.6) is 5.75 Å². The van der Waals surface area contributed by atoms with Gasteiger partial charge in [0.2, 0.25) is 5.82 Å². The highest BCUT2D eigenvalue weighted by Gasteiger charge is 2.44. The molecule has 29 heavy (non-hydrogen) atoms. The van der Waals surface area contributed by atoms with E-state index in [0.29, 0.717) is 11.7 Å². The molecule has 5 heteroatoms. The van der Waals surface area contributed by atoms with Crippen LogP contribution >= 0.6 is 0 Å². The fourth-order valence-corrected chi connectivity index (χ4v) is 2.94. The number of rotatable bonds is 4. The van der Waals surface area contributed by atoms with E-state index in [2.05, 4.69) is 37.0 Å². The zero-order chi connectivity index (χ0) is 21.0. The van der Waals surface area contributed by atoms with Crippen LogP contribution in [-0.4, -0.2) is 17.3 Å². The van der Waals surface area contributed by atoms with E-state index in [1.165, 1.54) is 0 Å². The number of hydrogen-bond acceptors (Lipinski definition) is 5. The molecular weight excluding hydrogens is 362 g/mol. The van der Waals surface area contributed by atoms with Crippen LogP contribution in [0.2, 0.25) is 0 Å². The van der Waals surface area contributed by atoms with Crippen molar-refractivity contribution in [3.05, 3.63) is 53.6 Å². The SMILES string of the molecule is CC(C)C.COc1cc(-c2noc(-c3ccc(C4(C#N)CC4)cc3)n2)ccc1C. The standard InChI is InChI=1S/C20H17N3O2.C4H10/c1-13-3-4-15(11-17(13)24-2)18-22-19(25-23-18)14-5-7-16(8-6-14)20(12-21)9-10-20;1-4(2)3/h3-8,11H,9-10H2,1-2H3;4H,1-3H3. The van der Waals surface area contributed by atoms with Crippen molar-refractivity contribution in [2.24, 2.45) is 5.92 Å². The normalized spacial score (nSPS) is 14.0. The number of ether oxygens (including phenoxy) is 1. The lowest BCUT2D eigenvalue weighted by Gasteiger charge is -2.05. The molecule has 0 N–H and O–H groups in total. The molecule has 1 aromatic heterocycles. The van der Waals surface area contributed by atoms with E-state index in [1.54, 1.807) is 7.11 Å². The summed E-state index contributed by atoms with van der Waals surface area (Å²) in [5.41, 5.74) is 3.52. The van der Waals surface area contributed by atoms with Crippen molar-refractivity contribution in [2.75, 3.05) is 7.11 Å². The maximum absolute atomic E-state index is 9.29. The average Bonchev–Trinajstić information content (AvgIpc) is 3.36. The minimum absolute atomic E-state index is 0.281. The van der Waals surface area contributed by atoms with Gasteiger partial charge in [-0.3, -0.25) is 0 Å². The smallest absolute Gasteiger partial charge is 0.258 e. The van der Waals surface area contributed by atoms with E-state index < -0.39 is 0 Å². The van der Waals surface area contributed by atoms with Crippen molar-refractivity contribution in [1.82, 2.24) is 10.1 Å². The van der Waals surface area contributed by atoms with Crippen LogP contribution < -0.4 is 4.74 Å². The quantitative estimate of drug-likeness (QED) is 0.552. The minimum Gasteiger partial charge on any atom is -0.496 e. The number of aromatic nitrogens is 2. The molecule has 3 aromatic rings. The summed E-state index contributed by atoms with van der Waals surface area (Å²) in [7, 11) is 1.64. The Bertz CT molecular complexity index is 1010. The van der Waals surface area contributed by atoms with Gasteiger partial charge in [0.25, 0.3) is 5.89 Å². The highest BCUT2D eigenvalue weighted by molar-refractivity contribution is 5.62. The molecule has 5 nitrogen and oxygen atoms in total. The van der Waals surface area contributed by atoms with Gasteiger partial charge in [0.1, 0.15) is 5.75 Å². The van der Waals surface area contributed by atoms with Crippen LogP contribution in [0.1, 0.15) is 44.7 Å². The summed E-state index contributed by atoms with van der Waals surface area (Å²) in [5.74, 6) is 2.61. The summed E-state index contributed by atoms with van der Waals surface area (Å²) in [6.07, 6.45) is 1.87. The molecule has 0 unspecified atom stereocenters. The third-order valence-electron chi connectivity index (χ3n) is 4.74. The minimum atomic E-state index is -0.281. The number of nitriles is 1. The zero-order valence-electron chi connectivity index (χ0n) is 17.7. The van der Waals surface area contributed by atoms with Crippen LogP contribution in [-0.2, 0) is 5.41 Å². The van der Waals surface area contributed by atoms with Gasteiger partial charge in [0.05, 0.1) is 18.6 Å². The van der Waals surface area contributed by atoms with Crippen molar-refractivity contribution >= 4 is 0 Å². The first-order valence-electron chi connectivity index (χ1n) is 9.89. The highest BCUT2D eigenvalue weighted by Crippen LogP contribution is 2.47. The number of benzene rings is 2. The third-order valence-corrected chi connectivity index (χ3v) is 4.74. The summed E-state index contributed by atoms with van der Waals surface area (Å²) < 4.78 is 10.8. The van der Waals surface area contributed by atoms with E-state index in [9.17, 15) is 5.26 Å². The van der Waals surface area contributed by atoms with E-state index in [4.69, 9.17) is 9.26 Å². The maximum atomic E-state index is 9.29. The van der Waals surface area contributed by atoms with Gasteiger partial charge >= 0.3 is 0 Å². The molecule has 0 aliphatic heterocycles. The number of hydrogen-bond donors (Lipinski definition) is 0. The lowest BCUT2D eigenvalue weighted by molar-refractivity contribution is 0.411. The van der Waals surface area contributed by atoms with E-state index in [0.717, 1.165) is 46.8 Å². The molecule has 0 amide bonds. The lowest BCUT2D eigenvalue weighted by Crippen LogP contribution is -2.01. The van der Waals surface area contributed by atoms with Crippen molar-refractivity contribution in [3.63, 3.8) is 0 Å². The molecule has 1 fully saturated rings. The fourth-order valence-electron chi connectivity index (χ4n) is 2.94. The Morgan fingerprint density at radius 3 is 2.24 bits per heavy atom. The molecule has 150 valence electrons. The Hall–Kier alpha value is -3.13. The van der Waals surface area contributed by atoms with E-state index in [1.807, 2.05) is 49.4 Å². The summed E-state index contributed by atoms with van der Waals surface area (Å²) >= 11 is 0. The van der Waals surface area contributed by atoms with Crippen molar-refractivity contribution in [2.45, 2.75) is 46.0 Å². The van der Waals surface area contributed by atoms with Gasteiger partial charge in [-0.2, -0.15) is 10.2 Å². The van der Waals surface area contributed by atoms with E-state index in [-0.39, 0.29) is 5.41 Å². The molecule has 1 heterocycles. The Kier molecular flexibility index (Phi) is 6.03. The molecule has 0 spiro atoms. The van der Waals surface area contributed by atoms with Crippen molar-refractivity contribution in [3.8, 4) is 34.7 Å². The van der Waals surface area contributed by atoms with Crippen LogP contribution in [0.4, 0.5) is 0 Å². The molecule has 0 bridgehead atoms. The van der Waals surface area contributed by atoms with Gasteiger partial charge in [0, 0.05) is 11.1 Å². The molecule has 1 aliphatic carbocycles. The summed E-state index contributed by atoms with van der Waals surface area (Å²) in [4.78, 5) is 4.49.